The second-order valence-corrected chi connectivity index (χ2v) is 5.12. The second-order valence-electron chi connectivity index (χ2n) is 5.12. The Bertz CT molecular complexity index is 173. The normalized spacial score (nSPS) is 25.1. The van der Waals surface area contributed by atoms with Crippen LogP contribution < -0.4 is 5.32 Å². The van der Waals surface area contributed by atoms with Crippen LogP contribution in [0.15, 0.2) is 0 Å². The van der Waals surface area contributed by atoms with Gasteiger partial charge in [-0.25, -0.2) is 0 Å². The van der Waals surface area contributed by atoms with Gasteiger partial charge < -0.3 is 10.2 Å². The van der Waals surface area contributed by atoms with Gasteiger partial charge in [0.15, 0.2) is 0 Å². The Morgan fingerprint density at radius 3 is 2.50 bits per heavy atom. The maximum absolute atomic E-state index is 3.37. The SMILES string of the molecule is CCCN(CC(C)C1CNC1)C1CC1. The first-order valence-corrected chi connectivity index (χ1v) is 6.26. The summed E-state index contributed by atoms with van der Waals surface area (Å²) in [5.41, 5.74) is 0. The van der Waals surface area contributed by atoms with Crippen molar-refractivity contribution in [3.63, 3.8) is 0 Å². The Morgan fingerprint density at radius 1 is 1.36 bits per heavy atom. The topological polar surface area (TPSA) is 15.3 Å². The lowest BCUT2D eigenvalue weighted by Crippen LogP contribution is -2.48. The third kappa shape index (κ3) is 2.48. The highest BCUT2D eigenvalue weighted by Gasteiger charge is 2.31. The fourth-order valence-electron chi connectivity index (χ4n) is 2.38. The Morgan fingerprint density at radius 2 is 2.07 bits per heavy atom. The van der Waals surface area contributed by atoms with Gasteiger partial charge in [-0.3, -0.25) is 0 Å². The van der Waals surface area contributed by atoms with Crippen LogP contribution in [-0.4, -0.2) is 37.1 Å². The molecule has 1 aliphatic carbocycles. The van der Waals surface area contributed by atoms with Gasteiger partial charge in [0.2, 0.25) is 0 Å². The quantitative estimate of drug-likeness (QED) is 0.696. The molecule has 1 unspecified atom stereocenters. The van der Waals surface area contributed by atoms with Crippen molar-refractivity contribution in [1.82, 2.24) is 10.2 Å². The third-order valence-corrected chi connectivity index (χ3v) is 3.71. The minimum absolute atomic E-state index is 0.892. The molecule has 1 atom stereocenters. The summed E-state index contributed by atoms with van der Waals surface area (Å²) in [4.78, 5) is 2.73. The first kappa shape index (κ1) is 10.4. The van der Waals surface area contributed by atoms with Gasteiger partial charge in [0, 0.05) is 12.6 Å². The van der Waals surface area contributed by atoms with Crippen molar-refractivity contribution in [2.24, 2.45) is 11.8 Å². The zero-order valence-corrected chi connectivity index (χ0v) is 9.63. The predicted molar refractivity (Wildman–Crippen MR) is 60.4 cm³/mol. The van der Waals surface area contributed by atoms with Crippen molar-refractivity contribution in [3.8, 4) is 0 Å². The highest BCUT2D eigenvalue weighted by atomic mass is 15.2. The maximum atomic E-state index is 3.37. The summed E-state index contributed by atoms with van der Waals surface area (Å²) >= 11 is 0. The zero-order chi connectivity index (χ0) is 9.97. The standard InChI is InChI=1S/C12H24N2/c1-3-6-14(12-4-5-12)9-10(2)11-7-13-8-11/h10-13H,3-9H2,1-2H3. The average Bonchev–Trinajstić information content (AvgIpc) is 2.81. The molecule has 0 spiro atoms. The largest absolute Gasteiger partial charge is 0.316 e. The van der Waals surface area contributed by atoms with E-state index < -0.39 is 0 Å². The van der Waals surface area contributed by atoms with Gasteiger partial charge in [-0.15, -0.1) is 0 Å². The molecule has 14 heavy (non-hydrogen) atoms. The van der Waals surface area contributed by atoms with Crippen molar-refractivity contribution in [2.75, 3.05) is 26.2 Å². The molecule has 0 aromatic carbocycles. The number of hydrogen-bond donors (Lipinski definition) is 1. The molecular formula is C12H24N2. The molecule has 0 aromatic rings. The molecule has 1 aliphatic heterocycles. The van der Waals surface area contributed by atoms with E-state index in [4.69, 9.17) is 0 Å². The van der Waals surface area contributed by atoms with Crippen molar-refractivity contribution in [3.05, 3.63) is 0 Å². The van der Waals surface area contributed by atoms with Crippen LogP contribution in [-0.2, 0) is 0 Å². The molecule has 1 saturated carbocycles. The van der Waals surface area contributed by atoms with E-state index in [1.165, 1.54) is 45.4 Å². The summed E-state index contributed by atoms with van der Waals surface area (Å²) < 4.78 is 0. The number of hydrogen-bond acceptors (Lipinski definition) is 2. The van der Waals surface area contributed by atoms with Crippen LogP contribution in [0.5, 0.6) is 0 Å². The van der Waals surface area contributed by atoms with E-state index in [2.05, 4.69) is 24.1 Å². The summed E-state index contributed by atoms with van der Waals surface area (Å²) in [5, 5.41) is 3.37. The Kier molecular flexibility index (Phi) is 3.45. The van der Waals surface area contributed by atoms with Crippen molar-refractivity contribution >= 4 is 0 Å². The molecule has 82 valence electrons. The summed E-state index contributed by atoms with van der Waals surface area (Å²) in [6, 6.07) is 0.949. The molecule has 2 heteroatoms. The predicted octanol–water partition coefficient (Wildman–Crippen LogP) is 1.72. The van der Waals surface area contributed by atoms with E-state index in [0.29, 0.717) is 0 Å². The Hall–Kier alpha value is -0.0800. The molecule has 0 radical (unpaired) electrons. The lowest BCUT2D eigenvalue weighted by molar-refractivity contribution is 0.160. The van der Waals surface area contributed by atoms with Crippen molar-refractivity contribution in [1.29, 1.82) is 0 Å². The van der Waals surface area contributed by atoms with E-state index >= 15 is 0 Å². The van der Waals surface area contributed by atoms with Crippen LogP contribution >= 0.6 is 0 Å². The van der Waals surface area contributed by atoms with Gasteiger partial charge in [-0.05, 0) is 50.7 Å². The van der Waals surface area contributed by atoms with Crippen LogP contribution in [0.2, 0.25) is 0 Å². The van der Waals surface area contributed by atoms with Gasteiger partial charge in [0.05, 0.1) is 0 Å². The molecule has 2 fully saturated rings. The Labute approximate surface area is 88.1 Å². The lowest BCUT2D eigenvalue weighted by atomic mass is 9.88. The number of rotatable bonds is 6. The van der Waals surface area contributed by atoms with E-state index in [0.717, 1.165) is 17.9 Å². The first-order chi connectivity index (χ1) is 6.81. The van der Waals surface area contributed by atoms with E-state index in [9.17, 15) is 0 Å². The van der Waals surface area contributed by atoms with E-state index in [-0.39, 0.29) is 0 Å². The smallest absolute Gasteiger partial charge is 0.00965 e. The lowest BCUT2D eigenvalue weighted by Gasteiger charge is -2.36. The highest BCUT2D eigenvalue weighted by molar-refractivity contribution is 4.88. The van der Waals surface area contributed by atoms with Crippen LogP contribution in [0.3, 0.4) is 0 Å². The molecule has 1 N–H and O–H groups in total. The number of nitrogens with zero attached hydrogens (tertiary/aromatic N) is 1. The minimum atomic E-state index is 0.892. The van der Waals surface area contributed by atoms with E-state index in [1.807, 2.05) is 0 Å². The van der Waals surface area contributed by atoms with Gasteiger partial charge in [0.1, 0.15) is 0 Å². The van der Waals surface area contributed by atoms with Gasteiger partial charge in [-0.2, -0.15) is 0 Å². The van der Waals surface area contributed by atoms with Crippen LogP contribution in [0.25, 0.3) is 0 Å². The third-order valence-electron chi connectivity index (χ3n) is 3.71. The molecular weight excluding hydrogens is 172 g/mol. The van der Waals surface area contributed by atoms with Gasteiger partial charge >= 0.3 is 0 Å². The van der Waals surface area contributed by atoms with Crippen molar-refractivity contribution in [2.45, 2.75) is 39.2 Å². The number of nitrogens with one attached hydrogen (secondary N) is 1. The van der Waals surface area contributed by atoms with Crippen LogP contribution in [0.4, 0.5) is 0 Å². The molecule has 2 aliphatic rings. The van der Waals surface area contributed by atoms with Crippen LogP contribution in [0, 0.1) is 11.8 Å². The summed E-state index contributed by atoms with van der Waals surface area (Å²) in [5.74, 6) is 1.84. The molecule has 2 nitrogen and oxygen atoms in total. The summed E-state index contributed by atoms with van der Waals surface area (Å²) in [6.07, 6.45) is 4.22. The molecule has 0 bridgehead atoms. The van der Waals surface area contributed by atoms with Gasteiger partial charge in [-0.1, -0.05) is 13.8 Å². The fourth-order valence-corrected chi connectivity index (χ4v) is 2.38. The fraction of sp³-hybridized carbons (Fsp3) is 1.00. The molecule has 1 heterocycles. The Balaban J connectivity index is 1.73. The van der Waals surface area contributed by atoms with Crippen LogP contribution in [0.1, 0.15) is 33.1 Å². The van der Waals surface area contributed by atoms with Crippen molar-refractivity contribution < 1.29 is 0 Å². The summed E-state index contributed by atoms with van der Waals surface area (Å²) in [7, 11) is 0. The van der Waals surface area contributed by atoms with Gasteiger partial charge in [0.25, 0.3) is 0 Å². The molecule has 2 rings (SSSR count). The molecule has 0 aromatic heterocycles. The monoisotopic (exact) mass is 196 g/mol. The summed E-state index contributed by atoms with van der Waals surface area (Å²) in [6.45, 7) is 9.89. The second kappa shape index (κ2) is 4.63. The maximum Gasteiger partial charge on any atom is 0.00965 e. The average molecular weight is 196 g/mol. The minimum Gasteiger partial charge on any atom is -0.316 e. The van der Waals surface area contributed by atoms with E-state index in [1.54, 1.807) is 0 Å². The molecule has 1 saturated heterocycles. The zero-order valence-electron chi connectivity index (χ0n) is 9.63. The first-order valence-electron chi connectivity index (χ1n) is 6.26. The molecule has 0 amide bonds. The highest BCUT2D eigenvalue weighted by Crippen LogP contribution is 2.29.